The number of ether oxygens (including phenoxy) is 1. The lowest BCUT2D eigenvalue weighted by Crippen LogP contribution is -2.36. The zero-order valence-corrected chi connectivity index (χ0v) is 32.1. The van der Waals surface area contributed by atoms with E-state index in [-0.39, 0.29) is 35.7 Å². The molecule has 3 atom stereocenters. The summed E-state index contributed by atoms with van der Waals surface area (Å²) in [6, 6.07) is 16.4. The molecule has 1 saturated carbocycles. The van der Waals surface area contributed by atoms with Gasteiger partial charge in [0, 0.05) is 59.6 Å². The van der Waals surface area contributed by atoms with E-state index >= 15 is 8.78 Å². The fourth-order valence-corrected chi connectivity index (χ4v) is 9.62. The van der Waals surface area contributed by atoms with E-state index in [4.69, 9.17) is 14.7 Å². The number of carbonyl (C=O) groups excluding carboxylic acids is 2. The number of hydrogen-bond acceptors (Lipinski definition) is 8. The molecule has 2 fully saturated rings. The van der Waals surface area contributed by atoms with Crippen LogP contribution < -0.4 is 15.5 Å². The zero-order chi connectivity index (χ0) is 41.7. The topological polar surface area (TPSA) is 114 Å². The van der Waals surface area contributed by atoms with Crippen molar-refractivity contribution in [1.29, 1.82) is 0 Å². The normalized spacial score (nSPS) is 19.5. The molecule has 10 nitrogen and oxygen atoms in total. The van der Waals surface area contributed by atoms with Crippen LogP contribution in [0.15, 0.2) is 66.7 Å². The maximum atomic E-state index is 15.4. The Morgan fingerprint density at radius 2 is 1.70 bits per heavy atom. The minimum atomic E-state index is -5.04. The summed E-state index contributed by atoms with van der Waals surface area (Å²) in [6.07, 6.45) is -5.45. The van der Waals surface area contributed by atoms with Crippen LogP contribution in [0.5, 0.6) is 0 Å². The quantitative estimate of drug-likeness (QED) is 0.142. The van der Waals surface area contributed by atoms with Gasteiger partial charge in [-0.05, 0) is 84.0 Å². The lowest BCUT2D eigenvalue weighted by Gasteiger charge is -2.28. The summed E-state index contributed by atoms with van der Waals surface area (Å²) in [5.41, 5.74) is 1.39. The van der Waals surface area contributed by atoms with Crippen LogP contribution in [-0.4, -0.2) is 57.9 Å². The van der Waals surface area contributed by atoms with E-state index in [1.807, 2.05) is 24.3 Å². The van der Waals surface area contributed by atoms with E-state index in [0.717, 1.165) is 42.0 Å². The Kier molecular flexibility index (Phi) is 9.02. The van der Waals surface area contributed by atoms with E-state index < -0.39 is 71.0 Å². The van der Waals surface area contributed by atoms with Gasteiger partial charge in [-0.15, -0.1) is 11.3 Å². The molecule has 10 rings (SSSR count). The van der Waals surface area contributed by atoms with E-state index in [0.29, 0.717) is 56.9 Å². The average Bonchev–Trinajstić information content (AvgIpc) is 3.44. The van der Waals surface area contributed by atoms with Crippen LogP contribution in [0.4, 0.5) is 36.4 Å². The second-order valence-corrected chi connectivity index (χ2v) is 16.4. The number of thiazole rings is 1. The number of rotatable bonds is 9. The van der Waals surface area contributed by atoms with Crippen molar-refractivity contribution >= 4 is 39.2 Å². The van der Waals surface area contributed by atoms with Crippen LogP contribution >= 0.6 is 11.3 Å². The molecule has 0 unspecified atom stereocenters. The summed E-state index contributed by atoms with van der Waals surface area (Å²) in [4.78, 5) is 38.7. The van der Waals surface area contributed by atoms with Crippen LogP contribution in [0, 0.1) is 17.6 Å². The molecule has 0 spiro atoms. The highest BCUT2D eigenvalue weighted by Crippen LogP contribution is 2.68. The van der Waals surface area contributed by atoms with Gasteiger partial charge in [-0.2, -0.15) is 27.1 Å². The van der Waals surface area contributed by atoms with Crippen LogP contribution in [0.25, 0.3) is 32.0 Å². The summed E-state index contributed by atoms with van der Waals surface area (Å²) in [5.74, 6) is -9.08. The Bertz CT molecular complexity index is 2710. The lowest BCUT2D eigenvalue weighted by atomic mass is 9.93. The van der Waals surface area contributed by atoms with Gasteiger partial charge in [0.15, 0.2) is 11.3 Å². The summed E-state index contributed by atoms with van der Waals surface area (Å²) in [7, 11) is 0. The molecule has 4 aliphatic rings. The summed E-state index contributed by atoms with van der Waals surface area (Å²) >= 11 is 1.34. The maximum absolute atomic E-state index is 15.4. The van der Waals surface area contributed by atoms with E-state index in [2.05, 4.69) is 20.6 Å². The van der Waals surface area contributed by atoms with Gasteiger partial charge in [-0.3, -0.25) is 14.3 Å². The van der Waals surface area contributed by atoms with Gasteiger partial charge in [0.05, 0.1) is 29.6 Å². The second-order valence-electron chi connectivity index (χ2n) is 15.4. The highest BCUT2D eigenvalue weighted by atomic mass is 32.1. The molecule has 2 aliphatic carbocycles. The molecular weight excluding hydrogens is 816 g/mol. The number of carbonyl (C=O) groups is 2. The van der Waals surface area contributed by atoms with Crippen molar-refractivity contribution in [1.82, 2.24) is 30.4 Å². The second kappa shape index (κ2) is 14.1. The van der Waals surface area contributed by atoms with Crippen LogP contribution in [0.3, 0.4) is 0 Å². The number of fused-ring (bicyclic) bond motifs is 5. The molecule has 60 heavy (non-hydrogen) atoms. The van der Waals surface area contributed by atoms with Gasteiger partial charge in [0.25, 0.3) is 11.8 Å². The number of amides is 2. The number of anilines is 1. The Morgan fingerprint density at radius 3 is 2.43 bits per heavy atom. The van der Waals surface area contributed by atoms with Crippen molar-refractivity contribution in [3.05, 3.63) is 118 Å². The van der Waals surface area contributed by atoms with Gasteiger partial charge in [-0.25, -0.2) is 18.7 Å². The Hall–Kier alpha value is -5.88. The van der Waals surface area contributed by atoms with Crippen LogP contribution in [0.2, 0.25) is 0 Å². The van der Waals surface area contributed by atoms with Gasteiger partial charge in [0.1, 0.15) is 28.9 Å². The maximum Gasteiger partial charge on any atom is 0.435 e. The Balaban J connectivity index is 1.07. The smallest absolute Gasteiger partial charge is 0.378 e. The molecular formula is C42H32F7N7O3S. The molecule has 0 radical (unpaired) electrons. The first kappa shape index (κ1) is 38.3. The third-order valence-electron chi connectivity index (χ3n) is 11.5. The average molecular weight is 848 g/mol. The van der Waals surface area contributed by atoms with Gasteiger partial charge >= 0.3 is 6.18 Å². The first-order valence-electron chi connectivity index (χ1n) is 19.2. The minimum Gasteiger partial charge on any atom is -0.378 e. The molecule has 0 bridgehead atoms. The fraction of sp³-hybridized carbons (Fsp3) is 0.310. The first-order valence-corrected chi connectivity index (χ1v) is 20.0. The molecule has 1 saturated heterocycles. The monoisotopic (exact) mass is 847 g/mol. The standard InChI is InChI=1S/C42H32F7N7O3S/c43-24-11-20(12-25(44)15-24)13-31(51-33(57)19-56-37-34(36(54-56)42(47,48)49)29-16-30(29)41(37,45)46)35-27(22-1-2-23-18-50-39(58)28(23)14-22)17-32-38(52-35)53-40(60-32)21-3-5-26(6-4-21)55-7-9-59-10-8-55/h1-6,11-12,14-15,17,29-31H,7-10,13,16,18-19H2,(H,50,58)(H,51,57)/t29-,30+,31-/m0/s1. The predicted octanol–water partition coefficient (Wildman–Crippen LogP) is 7.91. The molecule has 2 amide bonds. The number of nitrogens with zero attached hydrogens (tertiary/aromatic N) is 5. The third kappa shape index (κ3) is 6.74. The zero-order valence-electron chi connectivity index (χ0n) is 31.3. The lowest BCUT2D eigenvalue weighted by molar-refractivity contribution is -0.142. The van der Waals surface area contributed by atoms with Crippen molar-refractivity contribution in [2.45, 2.75) is 50.0 Å². The number of morpholine rings is 1. The number of halogens is 7. The third-order valence-corrected chi connectivity index (χ3v) is 12.6. The van der Waals surface area contributed by atoms with Crippen LogP contribution in [0.1, 0.15) is 62.5 Å². The first-order chi connectivity index (χ1) is 28.7. The van der Waals surface area contributed by atoms with Crippen molar-refractivity contribution in [2.75, 3.05) is 31.2 Å². The largest absolute Gasteiger partial charge is 0.435 e. The number of nitrogens with one attached hydrogen (secondary N) is 2. The molecule has 308 valence electrons. The van der Waals surface area contributed by atoms with Crippen molar-refractivity contribution in [3.63, 3.8) is 0 Å². The van der Waals surface area contributed by atoms with Crippen molar-refractivity contribution < 1.29 is 45.1 Å². The Morgan fingerprint density at radius 1 is 0.967 bits per heavy atom. The van der Waals surface area contributed by atoms with Crippen molar-refractivity contribution in [2.24, 2.45) is 5.92 Å². The SMILES string of the molecule is O=C(Cn1nc(C(F)(F)F)c2c1C(F)(F)[C@@H]1C[C@H]21)N[C@@H](Cc1cc(F)cc(F)c1)c1nc2nc(-c3ccc(N4CCOCC4)cc3)sc2cc1-c1ccc2c(c1)C(=O)NC2. The van der Waals surface area contributed by atoms with Gasteiger partial charge in [-0.1, -0.05) is 12.1 Å². The predicted molar refractivity (Wildman–Crippen MR) is 205 cm³/mol. The minimum absolute atomic E-state index is 0.0873. The van der Waals surface area contributed by atoms with Crippen LogP contribution in [-0.2, 0) is 41.1 Å². The molecule has 5 heterocycles. The molecule has 2 aliphatic heterocycles. The molecule has 2 N–H and O–H groups in total. The summed E-state index contributed by atoms with van der Waals surface area (Å²) in [5, 5.41) is 9.60. The van der Waals surface area contributed by atoms with E-state index in [1.54, 1.807) is 24.3 Å². The van der Waals surface area contributed by atoms with Gasteiger partial charge < -0.3 is 20.3 Å². The van der Waals surface area contributed by atoms with E-state index in [9.17, 15) is 31.5 Å². The number of benzene rings is 3. The number of pyridine rings is 1. The summed E-state index contributed by atoms with van der Waals surface area (Å²) < 4.78 is 109. The molecule has 18 heteroatoms. The summed E-state index contributed by atoms with van der Waals surface area (Å²) in [6.45, 7) is 2.07. The Labute approximate surface area is 340 Å². The molecule has 3 aromatic carbocycles. The molecule has 3 aromatic heterocycles. The number of alkyl halides is 5. The van der Waals surface area contributed by atoms with Gasteiger partial charge in [0.2, 0.25) is 5.91 Å². The fourth-order valence-electron chi connectivity index (χ4n) is 8.66. The van der Waals surface area contributed by atoms with E-state index in [1.165, 1.54) is 11.3 Å². The number of aromatic nitrogens is 4. The molecule has 6 aromatic rings. The van der Waals surface area contributed by atoms with Crippen molar-refractivity contribution in [3.8, 4) is 21.7 Å². The number of hydrogen-bond donors (Lipinski definition) is 2. The highest BCUT2D eigenvalue weighted by molar-refractivity contribution is 7.21. The highest BCUT2D eigenvalue weighted by Gasteiger charge is 2.68.